The molecule has 3 aromatic rings. The number of hydrogen-bond acceptors (Lipinski definition) is 3. The van der Waals surface area contributed by atoms with Crippen LogP contribution in [0.4, 0.5) is 5.69 Å². The minimum Gasteiger partial charge on any atom is -0.495 e. The molecule has 3 nitrogen and oxygen atoms in total. The van der Waals surface area contributed by atoms with Gasteiger partial charge in [0.2, 0.25) is 0 Å². The Labute approximate surface area is 128 Å². The largest absolute Gasteiger partial charge is 0.495 e. The Morgan fingerprint density at radius 2 is 2.00 bits per heavy atom. The van der Waals surface area contributed by atoms with E-state index >= 15 is 0 Å². The van der Waals surface area contributed by atoms with Crippen LogP contribution in [0.1, 0.15) is 11.1 Å². The molecule has 1 N–H and O–H groups in total. The molecule has 2 aromatic carbocycles. The fourth-order valence-corrected chi connectivity index (χ4v) is 2.61. The summed E-state index contributed by atoms with van der Waals surface area (Å²) in [5, 5.41) is 4.81. The second-order valence-corrected chi connectivity index (χ2v) is 5.25. The van der Waals surface area contributed by atoms with Gasteiger partial charge in [-0.3, -0.25) is 0 Å². The molecule has 0 bridgehead atoms. The molecule has 0 atom stereocenters. The van der Waals surface area contributed by atoms with Gasteiger partial charge < -0.3 is 14.5 Å². The van der Waals surface area contributed by atoms with E-state index in [2.05, 4.69) is 5.32 Å². The van der Waals surface area contributed by atoms with Crippen LogP contribution in [-0.2, 0) is 6.54 Å². The molecule has 0 amide bonds. The Bertz CT molecular complexity index is 780. The molecule has 0 aliphatic carbocycles. The van der Waals surface area contributed by atoms with Crippen molar-refractivity contribution >= 4 is 28.3 Å². The Morgan fingerprint density at radius 1 is 1.19 bits per heavy atom. The summed E-state index contributed by atoms with van der Waals surface area (Å²) in [6, 6.07) is 13.9. The van der Waals surface area contributed by atoms with Crippen LogP contribution in [0.25, 0.3) is 11.0 Å². The number of methoxy groups -OCH3 is 1. The van der Waals surface area contributed by atoms with Crippen molar-refractivity contribution in [2.75, 3.05) is 12.4 Å². The third-order valence-electron chi connectivity index (χ3n) is 3.46. The van der Waals surface area contributed by atoms with Crippen LogP contribution in [-0.4, -0.2) is 7.11 Å². The predicted octanol–water partition coefficient (Wildman–Crippen LogP) is 5.02. The normalized spacial score (nSPS) is 10.8. The summed E-state index contributed by atoms with van der Waals surface area (Å²) in [4.78, 5) is 0. The van der Waals surface area contributed by atoms with Crippen molar-refractivity contribution in [3.8, 4) is 5.75 Å². The summed E-state index contributed by atoms with van der Waals surface area (Å²) < 4.78 is 11.0. The van der Waals surface area contributed by atoms with Crippen molar-refractivity contribution in [1.29, 1.82) is 0 Å². The van der Waals surface area contributed by atoms with Crippen LogP contribution in [0.3, 0.4) is 0 Å². The number of fused-ring (bicyclic) bond motifs is 1. The highest BCUT2D eigenvalue weighted by atomic mass is 35.5. The van der Waals surface area contributed by atoms with Gasteiger partial charge in [-0.1, -0.05) is 24.3 Å². The molecule has 0 aliphatic heterocycles. The molecule has 1 aromatic heterocycles. The second kappa shape index (κ2) is 5.70. The predicted molar refractivity (Wildman–Crippen MR) is 86.3 cm³/mol. The van der Waals surface area contributed by atoms with Crippen LogP contribution in [0.2, 0.25) is 5.22 Å². The number of para-hydroxylation sites is 1. The molecule has 0 saturated heterocycles. The second-order valence-electron chi connectivity index (χ2n) is 4.91. The van der Waals surface area contributed by atoms with E-state index in [-0.39, 0.29) is 0 Å². The highest BCUT2D eigenvalue weighted by Gasteiger charge is 2.12. The lowest BCUT2D eigenvalue weighted by Crippen LogP contribution is -2.01. The van der Waals surface area contributed by atoms with Gasteiger partial charge in [0, 0.05) is 17.5 Å². The van der Waals surface area contributed by atoms with Gasteiger partial charge in [0.05, 0.1) is 12.8 Å². The summed E-state index contributed by atoms with van der Waals surface area (Å²) in [5.74, 6) is 0.818. The van der Waals surface area contributed by atoms with Crippen molar-refractivity contribution in [2.45, 2.75) is 13.5 Å². The monoisotopic (exact) mass is 301 g/mol. The molecule has 3 rings (SSSR count). The first-order valence-corrected chi connectivity index (χ1v) is 7.11. The first-order valence-electron chi connectivity index (χ1n) is 6.73. The van der Waals surface area contributed by atoms with Gasteiger partial charge >= 0.3 is 0 Å². The fraction of sp³-hybridized carbons (Fsp3) is 0.176. The smallest absolute Gasteiger partial charge is 0.199 e. The molecule has 0 aliphatic rings. The van der Waals surface area contributed by atoms with Gasteiger partial charge in [0.1, 0.15) is 11.3 Å². The quantitative estimate of drug-likeness (QED) is 0.735. The number of aryl methyl sites for hydroxylation is 1. The van der Waals surface area contributed by atoms with Crippen LogP contribution < -0.4 is 10.1 Å². The Balaban J connectivity index is 1.88. The average Bonchev–Trinajstić information content (AvgIpc) is 2.81. The van der Waals surface area contributed by atoms with Crippen molar-refractivity contribution in [3.05, 3.63) is 58.8 Å². The summed E-state index contributed by atoms with van der Waals surface area (Å²) in [7, 11) is 1.67. The van der Waals surface area contributed by atoms with Gasteiger partial charge in [-0.05, 0) is 42.3 Å². The molecular formula is C17H16ClNO2. The number of furan rings is 1. The van der Waals surface area contributed by atoms with Gasteiger partial charge in [-0.2, -0.15) is 0 Å². The van der Waals surface area contributed by atoms with Crippen LogP contribution in [0, 0.1) is 6.92 Å². The average molecular weight is 302 g/mol. The van der Waals surface area contributed by atoms with Crippen molar-refractivity contribution in [2.24, 2.45) is 0 Å². The number of ether oxygens (including phenoxy) is 1. The maximum atomic E-state index is 6.19. The van der Waals surface area contributed by atoms with Gasteiger partial charge in [-0.15, -0.1) is 0 Å². The van der Waals surface area contributed by atoms with E-state index in [4.69, 9.17) is 20.8 Å². The van der Waals surface area contributed by atoms with E-state index in [0.717, 1.165) is 33.5 Å². The summed E-state index contributed by atoms with van der Waals surface area (Å²) in [6.07, 6.45) is 0. The van der Waals surface area contributed by atoms with Crippen molar-refractivity contribution in [1.82, 2.24) is 0 Å². The number of hydrogen-bond donors (Lipinski definition) is 1. The Kier molecular flexibility index (Phi) is 3.76. The molecule has 0 spiro atoms. The fourth-order valence-electron chi connectivity index (χ4n) is 2.36. The lowest BCUT2D eigenvalue weighted by atomic mass is 10.1. The van der Waals surface area contributed by atoms with Crippen molar-refractivity contribution < 1.29 is 9.15 Å². The van der Waals surface area contributed by atoms with Gasteiger partial charge in [0.25, 0.3) is 0 Å². The van der Waals surface area contributed by atoms with E-state index < -0.39 is 0 Å². The number of anilines is 1. The van der Waals surface area contributed by atoms with E-state index in [1.165, 1.54) is 0 Å². The minimum absolute atomic E-state index is 0.426. The number of nitrogens with one attached hydrogen (secondary N) is 1. The topological polar surface area (TPSA) is 34.4 Å². The zero-order valence-electron chi connectivity index (χ0n) is 11.9. The minimum atomic E-state index is 0.426. The summed E-state index contributed by atoms with van der Waals surface area (Å²) in [5.41, 5.74) is 3.85. The van der Waals surface area contributed by atoms with Crippen LogP contribution in [0.15, 0.2) is 46.9 Å². The Morgan fingerprint density at radius 3 is 2.81 bits per heavy atom. The molecular weight excluding hydrogens is 286 g/mol. The number of benzene rings is 2. The lowest BCUT2D eigenvalue weighted by molar-refractivity contribution is 0.416. The standard InChI is InChI=1S/C17H16ClNO2/c1-11-7-8-14(16(9-11)20-2)19-10-13-12-5-3-4-6-15(12)21-17(13)18/h3-9,19H,10H2,1-2H3. The number of halogens is 1. The van der Waals surface area contributed by atoms with Crippen molar-refractivity contribution in [3.63, 3.8) is 0 Å². The molecule has 1 heterocycles. The molecule has 4 heteroatoms. The summed E-state index contributed by atoms with van der Waals surface area (Å²) in [6.45, 7) is 2.61. The molecule has 21 heavy (non-hydrogen) atoms. The molecule has 108 valence electrons. The van der Waals surface area contributed by atoms with E-state index in [1.807, 2.05) is 49.4 Å². The van der Waals surface area contributed by atoms with E-state index in [9.17, 15) is 0 Å². The maximum Gasteiger partial charge on any atom is 0.199 e. The molecule has 0 radical (unpaired) electrons. The highest BCUT2D eigenvalue weighted by molar-refractivity contribution is 6.30. The first-order chi connectivity index (χ1) is 10.2. The van der Waals surface area contributed by atoms with Gasteiger partial charge in [0.15, 0.2) is 5.22 Å². The van der Waals surface area contributed by atoms with E-state index in [1.54, 1.807) is 7.11 Å². The summed E-state index contributed by atoms with van der Waals surface area (Å²) >= 11 is 6.19. The van der Waals surface area contributed by atoms with E-state index in [0.29, 0.717) is 11.8 Å². The third kappa shape index (κ3) is 2.69. The SMILES string of the molecule is COc1cc(C)ccc1NCc1c(Cl)oc2ccccc12. The molecule has 0 fully saturated rings. The van der Waals surface area contributed by atoms with Crippen LogP contribution >= 0.6 is 11.6 Å². The number of rotatable bonds is 4. The zero-order chi connectivity index (χ0) is 14.8. The maximum absolute atomic E-state index is 6.19. The zero-order valence-corrected chi connectivity index (χ0v) is 12.7. The van der Waals surface area contributed by atoms with Crippen LogP contribution in [0.5, 0.6) is 5.75 Å². The highest BCUT2D eigenvalue weighted by Crippen LogP contribution is 2.31. The first kappa shape index (κ1) is 13.8. The van der Waals surface area contributed by atoms with Gasteiger partial charge in [-0.25, -0.2) is 0 Å². The molecule has 0 unspecified atom stereocenters. The lowest BCUT2D eigenvalue weighted by Gasteiger charge is -2.11. The Hall–Kier alpha value is -2.13. The molecule has 0 saturated carbocycles. The third-order valence-corrected chi connectivity index (χ3v) is 3.77.